The molecule has 0 saturated heterocycles. The van der Waals surface area contributed by atoms with Crippen LogP contribution in [-0.2, 0) is 4.79 Å². The molecule has 0 bridgehead atoms. The highest BCUT2D eigenvalue weighted by atomic mass is 16.5. The molecule has 2 rings (SSSR count). The van der Waals surface area contributed by atoms with E-state index in [-0.39, 0.29) is 12.5 Å². The van der Waals surface area contributed by atoms with Crippen molar-refractivity contribution >= 4 is 16.7 Å². The largest absolute Gasteiger partial charge is 0.425 e. The maximum atomic E-state index is 11.4. The fourth-order valence-electron chi connectivity index (χ4n) is 1.59. The maximum absolute atomic E-state index is 11.4. The van der Waals surface area contributed by atoms with Gasteiger partial charge in [0.15, 0.2) is 0 Å². The molecule has 82 valence electrons. The lowest BCUT2D eigenvalue weighted by Crippen LogP contribution is -2.23. The second-order valence-corrected chi connectivity index (χ2v) is 3.48. The molecule has 0 aliphatic carbocycles. The summed E-state index contributed by atoms with van der Waals surface area (Å²) in [6, 6.07) is 13.5. The smallest absolute Gasteiger partial charge is 0.325 e. The summed E-state index contributed by atoms with van der Waals surface area (Å²) in [4.78, 5) is 11.4. The van der Waals surface area contributed by atoms with Crippen LogP contribution in [0.2, 0.25) is 0 Å². The number of hydrogen-bond donors (Lipinski definition) is 1. The van der Waals surface area contributed by atoms with E-state index in [1.165, 1.54) is 0 Å². The van der Waals surface area contributed by atoms with Crippen LogP contribution >= 0.6 is 0 Å². The van der Waals surface area contributed by atoms with Crippen molar-refractivity contribution in [3.63, 3.8) is 0 Å². The summed E-state index contributed by atoms with van der Waals surface area (Å²) in [5.41, 5.74) is 0. The molecule has 0 radical (unpaired) electrons. The van der Waals surface area contributed by atoms with Crippen molar-refractivity contribution in [3.05, 3.63) is 42.5 Å². The normalized spacial score (nSPS) is 10.3. The number of carbonyl (C=O) groups excluding carboxylic acids is 1. The third-order valence-electron chi connectivity index (χ3n) is 2.29. The Morgan fingerprint density at radius 2 is 1.94 bits per heavy atom. The Kier molecular flexibility index (Phi) is 3.17. The van der Waals surface area contributed by atoms with Crippen LogP contribution in [-0.4, -0.2) is 19.6 Å². The van der Waals surface area contributed by atoms with Gasteiger partial charge in [-0.3, -0.25) is 4.79 Å². The first-order valence-corrected chi connectivity index (χ1v) is 5.14. The van der Waals surface area contributed by atoms with Gasteiger partial charge in [-0.25, -0.2) is 0 Å². The zero-order valence-corrected chi connectivity index (χ0v) is 9.07. The second kappa shape index (κ2) is 4.77. The van der Waals surface area contributed by atoms with Crippen LogP contribution in [0.1, 0.15) is 0 Å². The molecule has 0 atom stereocenters. The molecular formula is C13H13NO2. The summed E-state index contributed by atoms with van der Waals surface area (Å²) >= 11 is 0. The highest BCUT2D eigenvalue weighted by molar-refractivity contribution is 5.90. The molecule has 0 unspecified atom stereocenters. The van der Waals surface area contributed by atoms with Crippen LogP contribution in [0.3, 0.4) is 0 Å². The van der Waals surface area contributed by atoms with Gasteiger partial charge in [-0.2, -0.15) is 0 Å². The Balaban J connectivity index is 2.33. The average Bonchev–Trinajstić information content (AvgIpc) is 2.30. The van der Waals surface area contributed by atoms with Gasteiger partial charge in [0.2, 0.25) is 0 Å². The highest BCUT2D eigenvalue weighted by Crippen LogP contribution is 2.24. The van der Waals surface area contributed by atoms with E-state index >= 15 is 0 Å². The van der Waals surface area contributed by atoms with E-state index in [1.54, 1.807) is 13.1 Å². The van der Waals surface area contributed by atoms with E-state index in [9.17, 15) is 4.79 Å². The lowest BCUT2D eigenvalue weighted by molar-refractivity contribution is -0.133. The van der Waals surface area contributed by atoms with Crippen molar-refractivity contribution in [1.29, 1.82) is 0 Å². The minimum atomic E-state index is -0.279. The van der Waals surface area contributed by atoms with Gasteiger partial charge in [-0.05, 0) is 18.5 Å². The van der Waals surface area contributed by atoms with E-state index in [2.05, 4.69) is 5.32 Å². The molecule has 2 aromatic rings. The van der Waals surface area contributed by atoms with Crippen molar-refractivity contribution < 1.29 is 9.53 Å². The van der Waals surface area contributed by atoms with Gasteiger partial charge >= 0.3 is 5.97 Å². The summed E-state index contributed by atoms with van der Waals surface area (Å²) in [6.07, 6.45) is 0. The Bertz CT molecular complexity index is 503. The number of nitrogens with one attached hydrogen (secondary N) is 1. The first-order chi connectivity index (χ1) is 7.81. The predicted octanol–water partition coefficient (Wildman–Crippen LogP) is 1.96. The minimum Gasteiger partial charge on any atom is -0.425 e. The molecular weight excluding hydrogens is 202 g/mol. The van der Waals surface area contributed by atoms with Gasteiger partial charge in [0.1, 0.15) is 5.75 Å². The van der Waals surface area contributed by atoms with Crippen LogP contribution in [0.15, 0.2) is 42.5 Å². The molecule has 0 aromatic heterocycles. The number of hydrogen-bond acceptors (Lipinski definition) is 3. The molecule has 0 aliphatic heterocycles. The van der Waals surface area contributed by atoms with Gasteiger partial charge in [0, 0.05) is 5.39 Å². The van der Waals surface area contributed by atoms with Crippen molar-refractivity contribution in [3.8, 4) is 5.75 Å². The summed E-state index contributed by atoms with van der Waals surface area (Å²) in [6.45, 7) is 0.212. The molecule has 0 fully saturated rings. The number of carbonyl (C=O) groups is 1. The van der Waals surface area contributed by atoms with Gasteiger partial charge in [-0.15, -0.1) is 0 Å². The zero-order valence-electron chi connectivity index (χ0n) is 9.07. The van der Waals surface area contributed by atoms with Crippen LogP contribution in [0.4, 0.5) is 0 Å². The molecule has 0 saturated carbocycles. The molecule has 0 aliphatic rings. The number of likely N-dealkylation sites (N-methyl/N-ethyl adjacent to an activating group) is 1. The van der Waals surface area contributed by atoms with Crippen LogP contribution in [0.5, 0.6) is 5.75 Å². The monoisotopic (exact) mass is 215 g/mol. The molecule has 2 aromatic carbocycles. The number of rotatable bonds is 3. The first kappa shape index (κ1) is 10.6. The van der Waals surface area contributed by atoms with Crippen molar-refractivity contribution in [2.75, 3.05) is 13.6 Å². The fraction of sp³-hybridized carbons (Fsp3) is 0.154. The van der Waals surface area contributed by atoms with E-state index < -0.39 is 0 Å². The summed E-state index contributed by atoms with van der Waals surface area (Å²) in [7, 11) is 1.71. The van der Waals surface area contributed by atoms with E-state index in [0.29, 0.717) is 5.75 Å². The van der Waals surface area contributed by atoms with Gasteiger partial charge in [0.25, 0.3) is 0 Å². The van der Waals surface area contributed by atoms with Crippen LogP contribution in [0, 0.1) is 0 Å². The van der Waals surface area contributed by atoms with Crippen LogP contribution in [0.25, 0.3) is 10.8 Å². The third-order valence-corrected chi connectivity index (χ3v) is 2.29. The Labute approximate surface area is 94.0 Å². The Morgan fingerprint density at radius 1 is 1.19 bits per heavy atom. The zero-order chi connectivity index (χ0) is 11.4. The minimum absolute atomic E-state index is 0.212. The molecule has 16 heavy (non-hydrogen) atoms. The lowest BCUT2D eigenvalue weighted by atomic mass is 10.1. The summed E-state index contributed by atoms with van der Waals surface area (Å²) < 4.78 is 5.27. The van der Waals surface area contributed by atoms with E-state index in [0.717, 1.165) is 10.8 Å². The SMILES string of the molecule is CNCC(=O)Oc1cccc2ccccc12. The van der Waals surface area contributed by atoms with Crippen molar-refractivity contribution in [1.82, 2.24) is 5.32 Å². The molecule has 3 heteroatoms. The molecule has 0 amide bonds. The van der Waals surface area contributed by atoms with Crippen molar-refractivity contribution in [2.45, 2.75) is 0 Å². The van der Waals surface area contributed by atoms with Gasteiger partial charge < -0.3 is 10.1 Å². The summed E-state index contributed by atoms with van der Waals surface area (Å²) in [5.74, 6) is 0.331. The Morgan fingerprint density at radius 3 is 2.75 bits per heavy atom. The third kappa shape index (κ3) is 2.20. The molecule has 3 nitrogen and oxygen atoms in total. The second-order valence-electron chi connectivity index (χ2n) is 3.48. The highest BCUT2D eigenvalue weighted by Gasteiger charge is 2.06. The Hall–Kier alpha value is -1.87. The first-order valence-electron chi connectivity index (χ1n) is 5.14. The maximum Gasteiger partial charge on any atom is 0.325 e. The lowest BCUT2D eigenvalue weighted by Gasteiger charge is -2.07. The quantitative estimate of drug-likeness (QED) is 0.628. The summed E-state index contributed by atoms with van der Waals surface area (Å²) in [5, 5.41) is 4.78. The number of fused-ring (bicyclic) bond motifs is 1. The van der Waals surface area contributed by atoms with E-state index in [1.807, 2.05) is 36.4 Å². The number of benzene rings is 2. The molecule has 0 spiro atoms. The topological polar surface area (TPSA) is 38.3 Å². The van der Waals surface area contributed by atoms with Gasteiger partial charge in [0.05, 0.1) is 6.54 Å². The van der Waals surface area contributed by atoms with Crippen molar-refractivity contribution in [2.24, 2.45) is 0 Å². The number of esters is 1. The van der Waals surface area contributed by atoms with Crippen LogP contribution < -0.4 is 10.1 Å². The molecule has 1 N–H and O–H groups in total. The van der Waals surface area contributed by atoms with Gasteiger partial charge in [-0.1, -0.05) is 36.4 Å². The molecule has 0 heterocycles. The fourth-order valence-corrected chi connectivity index (χ4v) is 1.59. The average molecular weight is 215 g/mol. The van der Waals surface area contributed by atoms with E-state index in [4.69, 9.17) is 4.74 Å². The standard InChI is InChI=1S/C13H13NO2/c1-14-9-13(15)16-12-8-4-6-10-5-2-3-7-11(10)12/h2-8,14H,9H2,1H3. The predicted molar refractivity (Wildman–Crippen MR) is 63.5 cm³/mol. The number of ether oxygens (including phenoxy) is 1.